The Morgan fingerprint density at radius 1 is 1.69 bits per heavy atom. The molecule has 0 saturated carbocycles. The van der Waals surface area contributed by atoms with Crippen molar-refractivity contribution in [2.24, 2.45) is 5.73 Å². The van der Waals surface area contributed by atoms with Gasteiger partial charge < -0.3 is 10.8 Å². The van der Waals surface area contributed by atoms with Crippen LogP contribution in [0.2, 0.25) is 0 Å². The van der Waals surface area contributed by atoms with Crippen molar-refractivity contribution >= 4 is 17.7 Å². The molecule has 0 saturated heterocycles. The molecule has 0 spiro atoms. The molecule has 0 aromatic carbocycles. The molecule has 0 aliphatic heterocycles. The number of aliphatic carboxylic acids is 1. The van der Waals surface area contributed by atoms with E-state index >= 15 is 0 Å². The van der Waals surface area contributed by atoms with E-state index in [-0.39, 0.29) is 0 Å². The van der Waals surface area contributed by atoms with Crippen molar-refractivity contribution in [1.29, 1.82) is 0 Å². The molecular weight excluding hydrogens is 226 g/mol. The van der Waals surface area contributed by atoms with Crippen LogP contribution in [0.5, 0.6) is 0 Å². The zero-order chi connectivity index (χ0) is 12.2. The topological polar surface area (TPSA) is 89.1 Å². The highest BCUT2D eigenvalue weighted by molar-refractivity contribution is 7.99. The Bertz CT molecular complexity index is 382. The third-order valence-electron chi connectivity index (χ3n) is 2.11. The first kappa shape index (κ1) is 12.9. The molecule has 1 aromatic rings. The number of nitrogens with two attached hydrogens (primary N) is 1. The minimum atomic E-state index is -1.18. The molecule has 6 heteroatoms. The van der Waals surface area contributed by atoms with Crippen molar-refractivity contribution in [3.8, 4) is 0 Å². The van der Waals surface area contributed by atoms with Gasteiger partial charge in [0.15, 0.2) is 5.16 Å². The van der Waals surface area contributed by atoms with Crippen molar-refractivity contribution in [2.75, 3.05) is 5.75 Å². The lowest BCUT2D eigenvalue weighted by atomic mass is 10.0. The van der Waals surface area contributed by atoms with Crippen LogP contribution in [-0.2, 0) is 4.79 Å². The molecule has 1 rings (SSSR count). The van der Waals surface area contributed by atoms with Gasteiger partial charge in [0.2, 0.25) is 0 Å². The highest BCUT2D eigenvalue weighted by atomic mass is 32.2. The van der Waals surface area contributed by atoms with Crippen LogP contribution in [-0.4, -0.2) is 32.3 Å². The number of aryl methyl sites for hydroxylation is 1. The maximum atomic E-state index is 10.8. The summed E-state index contributed by atoms with van der Waals surface area (Å²) in [5.74, 6) is -0.402. The van der Waals surface area contributed by atoms with E-state index in [1.165, 1.54) is 18.7 Å². The summed E-state index contributed by atoms with van der Waals surface area (Å²) in [7, 11) is 0. The lowest BCUT2D eigenvalue weighted by Crippen LogP contribution is -2.45. The molecule has 0 radical (unpaired) electrons. The van der Waals surface area contributed by atoms with Crippen LogP contribution in [0.25, 0.3) is 0 Å². The van der Waals surface area contributed by atoms with Gasteiger partial charge in [0, 0.05) is 17.6 Å². The molecule has 16 heavy (non-hydrogen) atoms. The highest BCUT2D eigenvalue weighted by Crippen LogP contribution is 2.17. The number of carbonyl (C=O) groups is 1. The Labute approximate surface area is 98.5 Å². The maximum absolute atomic E-state index is 10.8. The smallest absolute Gasteiger partial charge is 0.323 e. The van der Waals surface area contributed by atoms with Gasteiger partial charge in [0.05, 0.1) is 0 Å². The van der Waals surface area contributed by atoms with Gasteiger partial charge in [0.25, 0.3) is 0 Å². The van der Waals surface area contributed by atoms with Crippen LogP contribution in [0.4, 0.5) is 0 Å². The van der Waals surface area contributed by atoms with Gasteiger partial charge in [-0.15, -0.1) is 0 Å². The SMILES string of the molecule is Cc1ccnc(SCCC(C)(N)C(=O)O)n1. The summed E-state index contributed by atoms with van der Waals surface area (Å²) in [5, 5.41) is 9.47. The van der Waals surface area contributed by atoms with Crippen LogP contribution in [0, 0.1) is 6.92 Å². The molecule has 1 aromatic heterocycles. The van der Waals surface area contributed by atoms with Crippen molar-refractivity contribution in [2.45, 2.75) is 31.0 Å². The summed E-state index contributed by atoms with van der Waals surface area (Å²) in [6, 6.07) is 1.81. The maximum Gasteiger partial charge on any atom is 0.323 e. The average molecular weight is 241 g/mol. The van der Waals surface area contributed by atoms with Gasteiger partial charge in [-0.05, 0) is 26.3 Å². The largest absolute Gasteiger partial charge is 0.480 e. The van der Waals surface area contributed by atoms with E-state index in [0.717, 1.165) is 5.69 Å². The Morgan fingerprint density at radius 3 is 2.94 bits per heavy atom. The standard InChI is InChI=1S/C10H15N3O2S/c1-7-3-5-12-9(13-7)16-6-4-10(2,11)8(14)15/h3,5H,4,6,11H2,1-2H3,(H,14,15). The van der Waals surface area contributed by atoms with Gasteiger partial charge in [0.1, 0.15) is 5.54 Å². The molecule has 0 aliphatic rings. The zero-order valence-corrected chi connectivity index (χ0v) is 10.1. The summed E-state index contributed by atoms with van der Waals surface area (Å²) < 4.78 is 0. The third kappa shape index (κ3) is 3.79. The number of carboxylic acid groups (broad SMARTS) is 1. The van der Waals surface area contributed by atoms with Crippen LogP contribution in [0.1, 0.15) is 19.0 Å². The molecule has 5 nitrogen and oxygen atoms in total. The van der Waals surface area contributed by atoms with E-state index in [9.17, 15) is 4.79 Å². The second-order valence-corrected chi connectivity index (χ2v) is 4.86. The quantitative estimate of drug-likeness (QED) is 0.592. The van der Waals surface area contributed by atoms with Gasteiger partial charge >= 0.3 is 5.97 Å². The fourth-order valence-electron chi connectivity index (χ4n) is 0.957. The molecule has 1 heterocycles. The van der Waals surface area contributed by atoms with E-state index < -0.39 is 11.5 Å². The van der Waals surface area contributed by atoms with Crippen molar-refractivity contribution in [1.82, 2.24) is 9.97 Å². The Balaban J connectivity index is 2.45. The number of hydrogen-bond acceptors (Lipinski definition) is 5. The first-order chi connectivity index (χ1) is 7.42. The minimum Gasteiger partial charge on any atom is -0.480 e. The second-order valence-electron chi connectivity index (χ2n) is 3.80. The number of aromatic nitrogens is 2. The Hall–Kier alpha value is -1.14. The minimum absolute atomic E-state index is 0.379. The van der Waals surface area contributed by atoms with Crippen molar-refractivity contribution in [3.63, 3.8) is 0 Å². The summed E-state index contributed by atoms with van der Waals surface area (Å²) in [5.41, 5.74) is 5.31. The van der Waals surface area contributed by atoms with Crippen LogP contribution >= 0.6 is 11.8 Å². The summed E-state index contributed by atoms with van der Waals surface area (Å²) in [6.07, 6.45) is 2.06. The summed E-state index contributed by atoms with van der Waals surface area (Å²) in [6.45, 7) is 3.39. The molecule has 3 N–H and O–H groups in total. The summed E-state index contributed by atoms with van der Waals surface area (Å²) >= 11 is 1.41. The number of carboxylic acids is 1. The van der Waals surface area contributed by atoms with E-state index in [2.05, 4.69) is 9.97 Å². The lowest BCUT2D eigenvalue weighted by Gasteiger charge is -2.17. The molecule has 0 fully saturated rings. The normalized spacial score (nSPS) is 14.4. The number of hydrogen-bond donors (Lipinski definition) is 2. The molecule has 0 bridgehead atoms. The first-order valence-corrected chi connectivity index (χ1v) is 5.85. The van der Waals surface area contributed by atoms with Gasteiger partial charge in [-0.25, -0.2) is 9.97 Å². The Kier molecular flexibility index (Phi) is 4.26. The lowest BCUT2D eigenvalue weighted by molar-refractivity contribution is -0.142. The Morgan fingerprint density at radius 2 is 2.38 bits per heavy atom. The predicted molar refractivity (Wildman–Crippen MR) is 62.3 cm³/mol. The molecule has 0 amide bonds. The van der Waals surface area contributed by atoms with Gasteiger partial charge in [-0.3, -0.25) is 4.79 Å². The zero-order valence-electron chi connectivity index (χ0n) is 9.30. The molecule has 88 valence electrons. The molecule has 1 atom stereocenters. The number of rotatable bonds is 5. The average Bonchev–Trinajstić information content (AvgIpc) is 2.17. The van der Waals surface area contributed by atoms with Crippen molar-refractivity contribution < 1.29 is 9.90 Å². The summed E-state index contributed by atoms with van der Waals surface area (Å²) in [4.78, 5) is 19.0. The fraction of sp³-hybridized carbons (Fsp3) is 0.500. The number of thioether (sulfide) groups is 1. The highest BCUT2D eigenvalue weighted by Gasteiger charge is 2.27. The third-order valence-corrected chi connectivity index (χ3v) is 2.98. The number of nitrogens with zero attached hydrogens (tertiary/aromatic N) is 2. The molecule has 1 unspecified atom stereocenters. The van der Waals surface area contributed by atoms with Gasteiger partial charge in [-0.2, -0.15) is 0 Å². The van der Waals surface area contributed by atoms with Crippen LogP contribution < -0.4 is 5.73 Å². The molecular formula is C10H15N3O2S. The van der Waals surface area contributed by atoms with Crippen molar-refractivity contribution in [3.05, 3.63) is 18.0 Å². The fourth-order valence-corrected chi connectivity index (χ4v) is 2.01. The van der Waals surface area contributed by atoms with Crippen LogP contribution in [0.15, 0.2) is 17.4 Å². The predicted octanol–water partition coefficient (Wildman–Crippen LogP) is 1.07. The van der Waals surface area contributed by atoms with E-state index in [1.54, 1.807) is 6.20 Å². The second kappa shape index (κ2) is 5.27. The first-order valence-electron chi connectivity index (χ1n) is 4.86. The monoisotopic (exact) mass is 241 g/mol. The van der Waals surface area contributed by atoms with E-state index in [4.69, 9.17) is 10.8 Å². The van der Waals surface area contributed by atoms with E-state index in [0.29, 0.717) is 17.3 Å². The van der Waals surface area contributed by atoms with Gasteiger partial charge in [-0.1, -0.05) is 11.8 Å². The molecule has 0 aliphatic carbocycles. The van der Waals surface area contributed by atoms with Crippen LogP contribution in [0.3, 0.4) is 0 Å². The van der Waals surface area contributed by atoms with E-state index in [1.807, 2.05) is 13.0 Å².